The Bertz CT molecular complexity index is 669. The first kappa shape index (κ1) is 14.7. The maximum Gasteiger partial charge on any atom is 0.179 e. The van der Waals surface area contributed by atoms with E-state index in [2.05, 4.69) is 0 Å². The zero-order valence-corrected chi connectivity index (χ0v) is 11.5. The summed E-state index contributed by atoms with van der Waals surface area (Å²) in [6.45, 7) is 1.47. The minimum Gasteiger partial charge on any atom is -0.229 e. The molecule has 0 unspecified atom stereocenters. The van der Waals surface area contributed by atoms with Crippen molar-refractivity contribution in [2.24, 2.45) is 0 Å². The second-order valence-corrected chi connectivity index (χ2v) is 8.28. The van der Waals surface area contributed by atoms with Crippen LogP contribution in [0.25, 0.3) is 0 Å². The van der Waals surface area contributed by atoms with Gasteiger partial charge in [0.1, 0.15) is 0 Å². The fourth-order valence-electron chi connectivity index (χ4n) is 1.26. The molecular weight excluding hydrogens is 274 g/mol. The number of benzene rings is 1. The first-order chi connectivity index (χ1) is 8.30. The molecule has 0 heterocycles. The number of hydrogen-bond donors (Lipinski definition) is 0. The summed E-state index contributed by atoms with van der Waals surface area (Å²) in [5, 5.41) is 8.68. The Hall–Kier alpha value is -1.39. The number of rotatable bonds is 5. The van der Waals surface area contributed by atoms with Crippen LogP contribution in [-0.2, 0) is 19.7 Å². The van der Waals surface area contributed by atoms with Gasteiger partial charge in [-0.15, -0.1) is 0 Å². The summed E-state index contributed by atoms with van der Waals surface area (Å²) in [6, 6.07) is 7.39. The standard InChI is InChI=1S/C11H13NO4S2/c1-2-17(13,14)6-7-18(15,16)11-5-3-4-10(8-11)9-12/h3-5,8H,2,6-7H2,1H3. The van der Waals surface area contributed by atoms with E-state index in [0.29, 0.717) is 0 Å². The summed E-state index contributed by atoms with van der Waals surface area (Å²) in [4.78, 5) is -0.0205. The Kier molecular flexibility index (Phi) is 4.48. The van der Waals surface area contributed by atoms with Crippen molar-refractivity contribution in [2.45, 2.75) is 11.8 Å². The second-order valence-electron chi connectivity index (χ2n) is 3.69. The van der Waals surface area contributed by atoms with Gasteiger partial charge < -0.3 is 0 Å². The lowest BCUT2D eigenvalue weighted by atomic mass is 10.2. The zero-order chi connectivity index (χ0) is 13.8. The van der Waals surface area contributed by atoms with Gasteiger partial charge >= 0.3 is 0 Å². The molecule has 0 fully saturated rings. The normalized spacial score (nSPS) is 12.0. The molecule has 0 aromatic heterocycles. The Morgan fingerprint density at radius 1 is 1.17 bits per heavy atom. The van der Waals surface area contributed by atoms with Crippen molar-refractivity contribution in [3.8, 4) is 6.07 Å². The molecule has 5 nitrogen and oxygen atoms in total. The van der Waals surface area contributed by atoms with E-state index in [1.54, 1.807) is 0 Å². The van der Waals surface area contributed by atoms with E-state index in [1.807, 2.05) is 6.07 Å². The minimum atomic E-state index is -3.67. The molecule has 98 valence electrons. The van der Waals surface area contributed by atoms with Crippen molar-refractivity contribution >= 4 is 19.7 Å². The minimum absolute atomic E-state index is 0.0205. The molecule has 0 aliphatic rings. The van der Waals surface area contributed by atoms with E-state index in [1.165, 1.54) is 31.2 Å². The fraction of sp³-hybridized carbons (Fsp3) is 0.364. The van der Waals surface area contributed by atoms with Gasteiger partial charge in [0.2, 0.25) is 0 Å². The Labute approximate surface area is 107 Å². The van der Waals surface area contributed by atoms with Gasteiger partial charge in [-0.25, -0.2) is 16.8 Å². The highest BCUT2D eigenvalue weighted by molar-refractivity contribution is 7.95. The van der Waals surface area contributed by atoms with Crippen LogP contribution in [-0.4, -0.2) is 34.1 Å². The molecule has 0 atom stereocenters. The number of hydrogen-bond acceptors (Lipinski definition) is 5. The van der Waals surface area contributed by atoms with Gasteiger partial charge in [0, 0.05) is 5.75 Å². The van der Waals surface area contributed by atoms with Crippen LogP contribution in [0.15, 0.2) is 29.2 Å². The molecule has 0 bridgehead atoms. The zero-order valence-electron chi connectivity index (χ0n) is 9.83. The molecule has 0 saturated carbocycles. The third kappa shape index (κ3) is 3.82. The molecular formula is C11H13NO4S2. The van der Waals surface area contributed by atoms with Gasteiger partial charge in [-0.3, -0.25) is 0 Å². The molecule has 0 spiro atoms. The summed E-state index contributed by atoms with van der Waals surface area (Å²) < 4.78 is 46.3. The van der Waals surface area contributed by atoms with Crippen LogP contribution in [0, 0.1) is 11.3 Å². The van der Waals surface area contributed by atoms with E-state index in [-0.39, 0.29) is 16.2 Å². The van der Waals surface area contributed by atoms with E-state index in [4.69, 9.17) is 5.26 Å². The van der Waals surface area contributed by atoms with Crippen molar-refractivity contribution in [1.82, 2.24) is 0 Å². The largest absolute Gasteiger partial charge is 0.229 e. The van der Waals surface area contributed by atoms with Crippen LogP contribution in [0.2, 0.25) is 0 Å². The average Bonchev–Trinajstić information content (AvgIpc) is 2.37. The van der Waals surface area contributed by atoms with Crippen LogP contribution in [0.3, 0.4) is 0 Å². The van der Waals surface area contributed by atoms with Crippen LogP contribution in [0.4, 0.5) is 0 Å². The molecule has 0 amide bonds. The van der Waals surface area contributed by atoms with Gasteiger partial charge in [-0.2, -0.15) is 5.26 Å². The Balaban J connectivity index is 2.98. The predicted octanol–water partition coefficient (Wildman–Crippen LogP) is 0.767. The van der Waals surface area contributed by atoms with Crippen molar-refractivity contribution in [2.75, 3.05) is 17.3 Å². The second kappa shape index (κ2) is 5.50. The van der Waals surface area contributed by atoms with Crippen molar-refractivity contribution in [3.05, 3.63) is 29.8 Å². The average molecular weight is 287 g/mol. The summed E-state index contributed by atoms with van der Waals surface area (Å²) in [6.07, 6.45) is 0. The predicted molar refractivity (Wildman–Crippen MR) is 67.5 cm³/mol. The molecule has 1 rings (SSSR count). The number of nitriles is 1. The first-order valence-corrected chi connectivity index (χ1v) is 8.71. The van der Waals surface area contributed by atoms with Crippen LogP contribution >= 0.6 is 0 Å². The van der Waals surface area contributed by atoms with E-state index in [9.17, 15) is 16.8 Å². The van der Waals surface area contributed by atoms with Gasteiger partial charge in [-0.05, 0) is 18.2 Å². The Morgan fingerprint density at radius 2 is 1.83 bits per heavy atom. The lowest BCUT2D eigenvalue weighted by molar-refractivity contribution is 0.588. The van der Waals surface area contributed by atoms with E-state index >= 15 is 0 Å². The summed E-state index contributed by atoms with van der Waals surface area (Å²) in [5.74, 6) is -0.943. The maximum atomic E-state index is 11.9. The molecule has 0 radical (unpaired) electrons. The molecule has 0 saturated heterocycles. The van der Waals surface area contributed by atoms with Crippen LogP contribution in [0.1, 0.15) is 12.5 Å². The highest BCUT2D eigenvalue weighted by Crippen LogP contribution is 2.13. The first-order valence-electron chi connectivity index (χ1n) is 5.24. The van der Waals surface area contributed by atoms with Crippen LogP contribution in [0.5, 0.6) is 0 Å². The number of nitrogens with zero attached hydrogens (tertiary/aromatic N) is 1. The topological polar surface area (TPSA) is 92.1 Å². The smallest absolute Gasteiger partial charge is 0.179 e. The van der Waals surface area contributed by atoms with Crippen molar-refractivity contribution < 1.29 is 16.8 Å². The molecule has 18 heavy (non-hydrogen) atoms. The van der Waals surface area contributed by atoms with E-state index < -0.39 is 31.2 Å². The quantitative estimate of drug-likeness (QED) is 0.797. The number of sulfone groups is 2. The van der Waals surface area contributed by atoms with Gasteiger partial charge in [0.15, 0.2) is 19.7 Å². The van der Waals surface area contributed by atoms with Crippen molar-refractivity contribution in [3.63, 3.8) is 0 Å². The van der Waals surface area contributed by atoms with E-state index in [0.717, 1.165) is 0 Å². The third-order valence-corrected chi connectivity index (χ3v) is 6.10. The van der Waals surface area contributed by atoms with Gasteiger partial charge in [0.25, 0.3) is 0 Å². The summed E-state index contributed by atoms with van der Waals surface area (Å²) >= 11 is 0. The Morgan fingerprint density at radius 3 is 2.39 bits per heavy atom. The SMILES string of the molecule is CCS(=O)(=O)CCS(=O)(=O)c1cccc(C#N)c1. The van der Waals surface area contributed by atoms with Gasteiger partial charge in [0.05, 0.1) is 28.0 Å². The molecule has 7 heteroatoms. The van der Waals surface area contributed by atoms with Crippen molar-refractivity contribution in [1.29, 1.82) is 5.26 Å². The summed E-state index contributed by atoms with van der Waals surface area (Å²) in [7, 11) is -6.99. The summed E-state index contributed by atoms with van der Waals surface area (Å²) in [5.41, 5.74) is 0.231. The van der Waals surface area contributed by atoms with Crippen LogP contribution < -0.4 is 0 Å². The lowest BCUT2D eigenvalue weighted by Crippen LogP contribution is -2.18. The lowest BCUT2D eigenvalue weighted by Gasteiger charge is -2.04. The monoisotopic (exact) mass is 287 g/mol. The molecule has 0 aliphatic carbocycles. The molecule has 1 aromatic carbocycles. The van der Waals surface area contributed by atoms with Gasteiger partial charge in [-0.1, -0.05) is 13.0 Å². The fourth-order valence-corrected chi connectivity index (χ4v) is 4.27. The molecule has 0 N–H and O–H groups in total. The highest BCUT2D eigenvalue weighted by Gasteiger charge is 2.19. The maximum absolute atomic E-state index is 11.9. The molecule has 1 aromatic rings. The third-order valence-electron chi connectivity index (χ3n) is 2.43. The highest BCUT2D eigenvalue weighted by atomic mass is 32.2. The molecule has 0 aliphatic heterocycles.